The monoisotopic (exact) mass is 676 g/mol. The zero-order valence-electron chi connectivity index (χ0n) is 28.4. The lowest BCUT2D eigenvalue weighted by Crippen LogP contribution is -2.04. The van der Waals surface area contributed by atoms with Gasteiger partial charge >= 0.3 is 0 Å². The minimum absolute atomic E-state index is 0.597. The second-order valence-electron chi connectivity index (χ2n) is 13.8. The number of para-hydroxylation sites is 3. The van der Waals surface area contributed by atoms with Crippen molar-refractivity contribution >= 4 is 87.2 Å². The summed E-state index contributed by atoms with van der Waals surface area (Å²) >= 11 is 0. The molecular weight excluding hydrogens is 649 g/mol. The average molecular weight is 677 g/mol. The Hall–Kier alpha value is -7.24. The van der Waals surface area contributed by atoms with E-state index in [1.54, 1.807) is 0 Å². The first kappa shape index (κ1) is 28.5. The molecule has 0 aliphatic rings. The molecule has 4 heterocycles. The highest BCUT2D eigenvalue weighted by atomic mass is 16.3. The third-order valence-corrected chi connectivity index (χ3v) is 10.9. The van der Waals surface area contributed by atoms with E-state index in [1.807, 2.05) is 0 Å². The summed E-state index contributed by atoms with van der Waals surface area (Å²) < 4.78 is 11.5. The minimum atomic E-state index is 0.597. The molecule has 0 aliphatic carbocycles. The molecule has 0 aliphatic heterocycles. The molecule has 0 amide bonds. The van der Waals surface area contributed by atoms with Crippen LogP contribution < -0.4 is 0 Å². The fraction of sp³-hybridized carbons (Fsp3) is 0. The number of hydrogen-bond acceptors (Lipinski definition) is 3. The van der Waals surface area contributed by atoms with Crippen molar-refractivity contribution in [3.05, 3.63) is 170 Å². The second-order valence-corrected chi connectivity index (χ2v) is 13.8. The smallest absolute Gasteiger partial charge is 0.236 e. The summed E-state index contributed by atoms with van der Waals surface area (Å²) in [4.78, 5) is 11.0. The lowest BCUT2D eigenvalue weighted by Gasteiger charge is -2.13. The van der Waals surface area contributed by atoms with Gasteiger partial charge in [0, 0.05) is 38.2 Å². The molecule has 0 N–H and O–H groups in total. The van der Waals surface area contributed by atoms with Crippen LogP contribution in [0.3, 0.4) is 0 Å². The molecule has 5 nitrogen and oxygen atoms in total. The zero-order valence-corrected chi connectivity index (χ0v) is 28.4. The predicted octanol–water partition coefficient (Wildman–Crippen LogP) is 12.5. The molecule has 53 heavy (non-hydrogen) atoms. The third kappa shape index (κ3) is 3.96. The van der Waals surface area contributed by atoms with Crippen molar-refractivity contribution in [2.24, 2.45) is 0 Å². The molecule has 0 saturated carbocycles. The van der Waals surface area contributed by atoms with Crippen molar-refractivity contribution in [2.75, 3.05) is 0 Å². The molecule has 246 valence electrons. The summed E-state index contributed by atoms with van der Waals surface area (Å²) in [5, 5.41) is 10.2. The van der Waals surface area contributed by atoms with Gasteiger partial charge in [0.1, 0.15) is 16.8 Å². The summed E-state index contributed by atoms with van der Waals surface area (Å²) in [7, 11) is 0. The first-order valence-corrected chi connectivity index (χ1v) is 17.9. The maximum Gasteiger partial charge on any atom is 0.236 e. The van der Waals surface area contributed by atoms with Crippen LogP contribution in [-0.2, 0) is 0 Å². The van der Waals surface area contributed by atoms with Crippen molar-refractivity contribution in [3.63, 3.8) is 0 Å². The van der Waals surface area contributed by atoms with Gasteiger partial charge in [0.15, 0.2) is 5.58 Å². The SMILES string of the molecule is c1ccc(-n2c3ccccc3c3ccc4c5ccccc5n(-c5nc(-c6cccc7ccccc67)c6oc7cc8ccccc8cc7c6n5)c4c32)cc1. The van der Waals surface area contributed by atoms with Crippen LogP contribution in [-0.4, -0.2) is 19.1 Å². The van der Waals surface area contributed by atoms with Crippen molar-refractivity contribution in [3.8, 4) is 22.9 Å². The van der Waals surface area contributed by atoms with Gasteiger partial charge in [0.2, 0.25) is 5.95 Å². The van der Waals surface area contributed by atoms with Gasteiger partial charge in [0.25, 0.3) is 0 Å². The van der Waals surface area contributed by atoms with E-state index in [2.05, 4.69) is 179 Å². The Morgan fingerprint density at radius 3 is 1.75 bits per heavy atom. The fourth-order valence-corrected chi connectivity index (χ4v) is 8.58. The second kappa shape index (κ2) is 10.6. The zero-order chi connectivity index (χ0) is 34.6. The van der Waals surface area contributed by atoms with Crippen LogP contribution in [0.5, 0.6) is 0 Å². The van der Waals surface area contributed by atoms with E-state index in [-0.39, 0.29) is 0 Å². The summed E-state index contributed by atoms with van der Waals surface area (Å²) in [6.07, 6.45) is 0. The molecule has 0 saturated heterocycles. The van der Waals surface area contributed by atoms with E-state index in [0.29, 0.717) is 11.5 Å². The van der Waals surface area contributed by atoms with Crippen molar-refractivity contribution in [2.45, 2.75) is 0 Å². The Bertz CT molecular complexity index is 3450. The Balaban J connectivity index is 1.30. The number of furan rings is 1. The highest BCUT2D eigenvalue weighted by molar-refractivity contribution is 6.24. The summed E-state index contributed by atoms with van der Waals surface area (Å²) in [6.45, 7) is 0. The largest absolute Gasteiger partial charge is 0.452 e. The highest BCUT2D eigenvalue weighted by Gasteiger charge is 2.25. The van der Waals surface area contributed by atoms with E-state index in [0.717, 1.165) is 87.8 Å². The van der Waals surface area contributed by atoms with Gasteiger partial charge in [0.05, 0.1) is 22.1 Å². The Morgan fingerprint density at radius 2 is 1.00 bits per heavy atom. The molecule has 0 fully saturated rings. The van der Waals surface area contributed by atoms with Crippen molar-refractivity contribution in [1.82, 2.24) is 19.1 Å². The Kier molecular flexibility index (Phi) is 5.71. The van der Waals surface area contributed by atoms with Crippen molar-refractivity contribution in [1.29, 1.82) is 0 Å². The third-order valence-electron chi connectivity index (χ3n) is 10.9. The van der Waals surface area contributed by atoms with Crippen LogP contribution in [0.15, 0.2) is 174 Å². The van der Waals surface area contributed by atoms with Gasteiger partial charge in [-0.2, -0.15) is 0 Å². The number of nitrogens with zero attached hydrogens (tertiary/aromatic N) is 4. The standard InChI is InChI=1S/C48H28N4O/c1-2-17-32(18-3-1)51-40-23-10-8-20-34(40)37-25-26-38-35-21-9-11-24-41(35)52(46(38)45(37)51)48-49-43(36-22-12-16-29-13-6-7-19-33(29)36)47-44(50-48)39-27-30-14-4-5-15-31(30)28-42(39)53-47/h1-28H. The predicted molar refractivity (Wildman–Crippen MR) is 218 cm³/mol. The highest BCUT2D eigenvalue weighted by Crippen LogP contribution is 2.43. The molecule has 0 atom stereocenters. The molecule has 12 rings (SSSR count). The summed E-state index contributed by atoms with van der Waals surface area (Å²) in [5.74, 6) is 0.597. The van der Waals surface area contributed by atoms with E-state index in [1.165, 1.54) is 10.8 Å². The first-order chi connectivity index (χ1) is 26.3. The summed E-state index contributed by atoms with van der Waals surface area (Å²) in [5.41, 5.74) is 9.51. The molecule has 12 aromatic rings. The molecule has 0 radical (unpaired) electrons. The maximum absolute atomic E-state index is 6.79. The lowest BCUT2D eigenvalue weighted by atomic mass is 10.0. The minimum Gasteiger partial charge on any atom is -0.452 e. The van der Waals surface area contributed by atoms with Gasteiger partial charge in [-0.15, -0.1) is 0 Å². The molecule has 0 spiro atoms. The maximum atomic E-state index is 6.79. The van der Waals surface area contributed by atoms with Gasteiger partial charge in [-0.3, -0.25) is 4.57 Å². The summed E-state index contributed by atoms with van der Waals surface area (Å²) in [6, 6.07) is 60.1. The van der Waals surface area contributed by atoms with Gasteiger partial charge in [-0.05, 0) is 57.9 Å². The topological polar surface area (TPSA) is 48.8 Å². The number of rotatable bonds is 3. The van der Waals surface area contributed by atoms with Crippen LogP contribution in [0.4, 0.5) is 0 Å². The number of fused-ring (bicyclic) bond motifs is 12. The van der Waals surface area contributed by atoms with Crippen LogP contribution >= 0.6 is 0 Å². The lowest BCUT2D eigenvalue weighted by molar-refractivity contribution is 0.667. The quantitative estimate of drug-likeness (QED) is 0.187. The van der Waals surface area contributed by atoms with E-state index in [9.17, 15) is 0 Å². The Labute approximate surface area is 302 Å². The molecular formula is C48H28N4O. The van der Waals surface area contributed by atoms with Gasteiger partial charge in [-0.1, -0.05) is 133 Å². The fourth-order valence-electron chi connectivity index (χ4n) is 8.58. The Morgan fingerprint density at radius 1 is 0.415 bits per heavy atom. The van der Waals surface area contributed by atoms with Gasteiger partial charge in [-0.25, -0.2) is 9.97 Å². The number of benzene rings is 8. The van der Waals surface area contributed by atoms with Gasteiger partial charge < -0.3 is 8.98 Å². The molecule has 4 aromatic heterocycles. The first-order valence-electron chi connectivity index (χ1n) is 17.9. The van der Waals surface area contributed by atoms with Crippen LogP contribution in [0.1, 0.15) is 0 Å². The molecule has 5 heteroatoms. The molecule has 0 unspecified atom stereocenters. The number of hydrogen-bond donors (Lipinski definition) is 0. The van der Waals surface area contributed by atoms with Crippen molar-refractivity contribution < 1.29 is 4.42 Å². The molecule has 8 aromatic carbocycles. The van der Waals surface area contributed by atoms with Crippen LogP contribution in [0, 0.1) is 0 Å². The van der Waals surface area contributed by atoms with Crippen LogP contribution in [0.2, 0.25) is 0 Å². The normalized spacial score (nSPS) is 12.2. The van der Waals surface area contributed by atoms with E-state index >= 15 is 0 Å². The molecule has 0 bridgehead atoms. The van der Waals surface area contributed by atoms with E-state index in [4.69, 9.17) is 14.4 Å². The number of aromatic nitrogens is 4. The van der Waals surface area contributed by atoms with Crippen LogP contribution in [0.25, 0.3) is 110 Å². The average Bonchev–Trinajstić information content (AvgIpc) is 3.87. The van der Waals surface area contributed by atoms with E-state index < -0.39 is 0 Å².